The Balaban J connectivity index is 2.56. The van der Waals surface area contributed by atoms with Crippen LogP contribution in [0.25, 0.3) is 0 Å². The lowest BCUT2D eigenvalue weighted by Crippen LogP contribution is -2.51. The first-order chi connectivity index (χ1) is 11.4. The van der Waals surface area contributed by atoms with Crippen molar-refractivity contribution in [2.75, 3.05) is 13.6 Å². The molecule has 132 valence electrons. The summed E-state index contributed by atoms with van der Waals surface area (Å²) in [5.74, 6) is -0.644. The molecule has 0 saturated carbocycles. The zero-order valence-corrected chi connectivity index (χ0v) is 13.9. The molecule has 1 aromatic rings. The summed E-state index contributed by atoms with van der Waals surface area (Å²) in [4.78, 5) is 28.0. The summed E-state index contributed by atoms with van der Waals surface area (Å²) in [6.07, 6.45) is 1.38. The molecule has 0 fully saturated rings. The van der Waals surface area contributed by atoms with Crippen molar-refractivity contribution in [1.82, 2.24) is 10.6 Å². The molecule has 8 nitrogen and oxygen atoms in total. The Morgan fingerprint density at radius 2 is 1.83 bits per heavy atom. The molecule has 1 aromatic carbocycles. The third-order valence-electron chi connectivity index (χ3n) is 3.46. The van der Waals surface area contributed by atoms with Crippen molar-refractivity contribution in [3.63, 3.8) is 0 Å². The van der Waals surface area contributed by atoms with Crippen LogP contribution in [0.5, 0.6) is 0 Å². The number of hydrogen-bond donors (Lipinski definition) is 5. The van der Waals surface area contributed by atoms with Crippen LogP contribution >= 0.6 is 0 Å². The summed E-state index contributed by atoms with van der Waals surface area (Å²) < 4.78 is 0. The van der Waals surface area contributed by atoms with Gasteiger partial charge in [-0.25, -0.2) is 0 Å². The molecule has 0 radical (unpaired) electrons. The van der Waals surface area contributed by atoms with E-state index in [1.54, 1.807) is 0 Å². The fourth-order valence-corrected chi connectivity index (χ4v) is 2.19. The Morgan fingerprint density at radius 1 is 1.17 bits per heavy atom. The van der Waals surface area contributed by atoms with Gasteiger partial charge in [0, 0.05) is 13.6 Å². The van der Waals surface area contributed by atoms with Crippen LogP contribution in [-0.2, 0) is 16.0 Å². The first-order valence-electron chi connectivity index (χ1n) is 7.81. The number of guanidine groups is 1. The maximum absolute atomic E-state index is 12.2. The molecule has 24 heavy (non-hydrogen) atoms. The van der Waals surface area contributed by atoms with Gasteiger partial charge in [-0.2, -0.15) is 0 Å². The number of nitrogens with one attached hydrogen (secondary N) is 2. The molecule has 2 amide bonds. The van der Waals surface area contributed by atoms with Gasteiger partial charge in [-0.3, -0.25) is 14.6 Å². The summed E-state index contributed by atoms with van der Waals surface area (Å²) in [6, 6.07) is 8.08. The van der Waals surface area contributed by atoms with Crippen LogP contribution in [0.1, 0.15) is 18.4 Å². The largest absolute Gasteiger partial charge is 0.370 e. The zero-order valence-electron chi connectivity index (χ0n) is 13.9. The highest BCUT2D eigenvalue weighted by Gasteiger charge is 2.22. The van der Waals surface area contributed by atoms with E-state index in [1.807, 2.05) is 30.3 Å². The van der Waals surface area contributed by atoms with E-state index < -0.39 is 12.1 Å². The Hall–Kier alpha value is -2.61. The third kappa shape index (κ3) is 7.10. The number of hydrogen-bond acceptors (Lipinski definition) is 4. The highest BCUT2D eigenvalue weighted by molar-refractivity contribution is 5.89. The van der Waals surface area contributed by atoms with Gasteiger partial charge in [0.15, 0.2) is 5.96 Å². The molecule has 0 spiro atoms. The van der Waals surface area contributed by atoms with Crippen molar-refractivity contribution >= 4 is 17.8 Å². The van der Waals surface area contributed by atoms with Crippen molar-refractivity contribution in [2.45, 2.75) is 31.3 Å². The number of nitrogens with two attached hydrogens (primary N) is 3. The second kappa shape index (κ2) is 10.2. The van der Waals surface area contributed by atoms with E-state index in [4.69, 9.17) is 17.2 Å². The Morgan fingerprint density at radius 3 is 2.42 bits per heavy atom. The molecule has 2 unspecified atom stereocenters. The highest BCUT2D eigenvalue weighted by atomic mass is 16.2. The van der Waals surface area contributed by atoms with Crippen LogP contribution in [0.2, 0.25) is 0 Å². The van der Waals surface area contributed by atoms with E-state index in [0.717, 1.165) is 5.56 Å². The minimum absolute atomic E-state index is 0.000381. The van der Waals surface area contributed by atoms with E-state index in [-0.39, 0.29) is 17.8 Å². The number of nitrogens with zero attached hydrogens (tertiary/aromatic N) is 1. The van der Waals surface area contributed by atoms with Crippen LogP contribution in [0, 0.1) is 0 Å². The minimum atomic E-state index is -0.725. The lowest BCUT2D eigenvalue weighted by molar-refractivity contribution is -0.129. The number of likely N-dealkylation sites (N-methyl/N-ethyl adjacent to an activating group) is 1. The summed E-state index contributed by atoms with van der Waals surface area (Å²) >= 11 is 0. The molecule has 2 atom stereocenters. The summed E-state index contributed by atoms with van der Waals surface area (Å²) in [5.41, 5.74) is 17.4. The molecular weight excluding hydrogens is 308 g/mol. The molecule has 0 aliphatic carbocycles. The maximum Gasteiger partial charge on any atom is 0.242 e. The second-order valence-electron chi connectivity index (χ2n) is 5.42. The van der Waals surface area contributed by atoms with Gasteiger partial charge in [0.25, 0.3) is 0 Å². The van der Waals surface area contributed by atoms with Crippen LogP contribution < -0.4 is 27.8 Å². The first kappa shape index (κ1) is 19.4. The lowest BCUT2D eigenvalue weighted by atomic mass is 10.0. The second-order valence-corrected chi connectivity index (χ2v) is 5.42. The molecular formula is C16H26N6O2. The first-order valence-corrected chi connectivity index (χ1v) is 7.81. The molecule has 0 aliphatic rings. The maximum atomic E-state index is 12.2. The van der Waals surface area contributed by atoms with Gasteiger partial charge >= 0.3 is 0 Å². The van der Waals surface area contributed by atoms with Gasteiger partial charge in [0.2, 0.25) is 11.8 Å². The van der Waals surface area contributed by atoms with E-state index >= 15 is 0 Å². The van der Waals surface area contributed by atoms with Gasteiger partial charge in [-0.15, -0.1) is 0 Å². The third-order valence-corrected chi connectivity index (χ3v) is 3.46. The van der Waals surface area contributed by atoms with Crippen LogP contribution in [-0.4, -0.2) is 43.5 Å². The van der Waals surface area contributed by atoms with Crippen molar-refractivity contribution in [3.8, 4) is 0 Å². The van der Waals surface area contributed by atoms with Gasteiger partial charge in [-0.05, 0) is 24.8 Å². The number of carbonyl (C=O) groups excluding carboxylic acids is 2. The zero-order chi connectivity index (χ0) is 17.9. The van der Waals surface area contributed by atoms with Crippen molar-refractivity contribution in [3.05, 3.63) is 35.9 Å². The molecule has 0 bridgehead atoms. The van der Waals surface area contributed by atoms with E-state index in [1.165, 1.54) is 7.05 Å². The minimum Gasteiger partial charge on any atom is -0.370 e. The summed E-state index contributed by atoms with van der Waals surface area (Å²) in [7, 11) is 1.52. The van der Waals surface area contributed by atoms with Crippen LogP contribution in [0.3, 0.4) is 0 Å². The van der Waals surface area contributed by atoms with E-state index in [0.29, 0.717) is 25.8 Å². The topological polar surface area (TPSA) is 149 Å². The van der Waals surface area contributed by atoms with E-state index in [9.17, 15) is 9.59 Å². The van der Waals surface area contributed by atoms with Gasteiger partial charge in [0.1, 0.15) is 6.04 Å². The van der Waals surface area contributed by atoms with Gasteiger partial charge in [0.05, 0.1) is 6.04 Å². The SMILES string of the molecule is CNC(=O)C(CCCN=C(N)N)NC(=O)C(N)Cc1ccccc1. The fourth-order valence-electron chi connectivity index (χ4n) is 2.19. The fraction of sp³-hybridized carbons (Fsp3) is 0.438. The smallest absolute Gasteiger partial charge is 0.242 e. The Bertz CT molecular complexity index is 557. The molecule has 0 saturated heterocycles. The number of benzene rings is 1. The number of carbonyl (C=O) groups is 2. The molecule has 8 heteroatoms. The van der Waals surface area contributed by atoms with Crippen molar-refractivity contribution in [2.24, 2.45) is 22.2 Å². The summed E-state index contributed by atoms with van der Waals surface area (Å²) in [6.45, 7) is 0.391. The van der Waals surface area contributed by atoms with Crippen LogP contribution in [0.15, 0.2) is 35.3 Å². The van der Waals surface area contributed by atoms with Crippen molar-refractivity contribution < 1.29 is 9.59 Å². The molecule has 1 rings (SSSR count). The molecule has 0 aromatic heterocycles. The summed E-state index contributed by atoms with van der Waals surface area (Å²) in [5, 5.41) is 5.22. The quantitative estimate of drug-likeness (QED) is 0.219. The highest BCUT2D eigenvalue weighted by Crippen LogP contribution is 2.04. The normalized spacial score (nSPS) is 12.8. The average molecular weight is 334 g/mol. The molecule has 0 aliphatic heterocycles. The Kier molecular flexibility index (Phi) is 8.28. The van der Waals surface area contributed by atoms with Gasteiger partial charge in [-0.1, -0.05) is 30.3 Å². The van der Waals surface area contributed by atoms with Crippen molar-refractivity contribution in [1.29, 1.82) is 0 Å². The molecule has 0 heterocycles. The predicted molar refractivity (Wildman–Crippen MR) is 94.0 cm³/mol. The van der Waals surface area contributed by atoms with Crippen LogP contribution in [0.4, 0.5) is 0 Å². The lowest BCUT2D eigenvalue weighted by Gasteiger charge is -2.19. The monoisotopic (exact) mass is 334 g/mol. The Labute approximate surface area is 141 Å². The standard InChI is InChI=1S/C16H26N6O2/c1-20-15(24)13(8-5-9-21-16(18)19)22-14(23)12(17)10-11-6-3-2-4-7-11/h2-4,6-7,12-13H,5,8-10,17H2,1H3,(H,20,24)(H,22,23)(H4,18,19,21). The molecule has 8 N–H and O–H groups in total. The van der Waals surface area contributed by atoms with E-state index in [2.05, 4.69) is 15.6 Å². The van der Waals surface area contributed by atoms with Gasteiger partial charge < -0.3 is 27.8 Å². The number of aliphatic imine (C=N–C) groups is 1. The number of rotatable bonds is 9. The number of amides is 2. The average Bonchev–Trinajstić information content (AvgIpc) is 2.57. The predicted octanol–water partition coefficient (Wildman–Crippen LogP) is -1.16.